The van der Waals surface area contributed by atoms with Gasteiger partial charge in [-0.2, -0.15) is 0 Å². The van der Waals surface area contributed by atoms with E-state index in [1.54, 1.807) is 30.3 Å². The van der Waals surface area contributed by atoms with Crippen molar-refractivity contribution < 1.29 is 33.4 Å². The quantitative estimate of drug-likeness (QED) is 0.550. The maximum absolute atomic E-state index is 12.4. The number of benzene rings is 2. The molecule has 3 amide bonds. The number of hydrogen-bond donors (Lipinski definition) is 1. The van der Waals surface area contributed by atoms with Crippen molar-refractivity contribution in [1.29, 1.82) is 0 Å². The minimum absolute atomic E-state index is 0.137. The maximum Gasteiger partial charge on any atom is 0.338 e. The van der Waals surface area contributed by atoms with Crippen LogP contribution in [0.5, 0.6) is 11.5 Å². The first-order chi connectivity index (χ1) is 15.9. The first-order valence-corrected chi connectivity index (χ1v) is 10.9. The molecule has 9 heteroatoms. The summed E-state index contributed by atoms with van der Waals surface area (Å²) >= 11 is 0. The van der Waals surface area contributed by atoms with Gasteiger partial charge < -0.3 is 19.5 Å². The van der Waals surface area contributed by atoms with Crippen molar-refractivity contribution in [3.8, 4) is 11.5 Å². The molecule has 1 aliphatic carbocycles. The standard InChI is InChI=1S/C24H22N2O7/c27-20(25-16-6-7-18-19(13-16)33-24(32-18)10-1-2-11-24)14-31-23(30)15-4-3-5-17(12-15)26-21(28)8-9-22(26)29/h3-7,12-13H,1-2,8-11,14H2,(H,25,27). The van der Waals surface area contributed by atoms with Crippen molar-refractivity contribution in [2.75, 3.05) is 16.8 Å². The fourth-order valence-electron chi connectivity index (χ4n) is 4.34. The number of amides is 3. The normalized spacial score (nSPS) is 18.1. The predicted molar refractivity (Wildman–Crippen MR) is 116 cm³/mol. The van der Waals surface area contributed by atoms with Crippen LogP contribution >= 0.6 is 0 Å². The lowest BCUT2D eigenvalue weighted by molar-refractivity contribution is -0.121. The molecular weight excluding hydrogens is 428 g/mol. The number of carbonyl (C=O) groups excluding carboxylic acids is 4. The Hall–Kier alpha value is -3.88. The van der Waals surface area contributed by atoms with Crippen molar-refractivity contribution in [3.05, 3.63) is 48.0 Å². The summed E-state index contributed by atoms with van der Waals surface area (Å²) in [7, 11) is 0. The third-order valence-corrected chi connectivity index (χ3v) is 5.91. The van der Waals surface area contributed by atoms with E-state index in [9.17, 15) is 19.2 Å². The van der Waals surface area contributed by atoms with Crippen molar-refractivity contribution >= 4 is 35.1 Å². The summed E-state index contributed by atoms with van der Waals surface area (Å²) in [5.41, 5.74) is 0.945. The summed E-state index contributed by atoms with van der Waals surface area (Å²) in [6.45, 7) is -0.497. The highest BCUT2D eigenvalue weighted by atomic mass is 16.7. The van der Waals surface area contributed by atoms with Crippen LogP contribution in [-0.2, 0) is 19.1 Å². The molecule has 1 N–H and O–H groups in total. The van der Waals surface area contributed by atoms with Gasteiger partial charge in [0, 0.05) is 37.4 Å². The van der Waals surface area contributed by atoms with E-state index in [0.29, 0.717) is 22.9 Å². The van der Waals surface area contributed by atoms with E-state index in [4.69, 9.17) is 14.2 Å². The van der Waals surface area contributed by atoms with Gasteiger partial charge in [0.25, 0.3) is 11.7 Å². The van der Waals surface area contributed by atoms with E-state index in [2.05, 4.69) is 5.32 Å². The van der Waals surface area contributed by atoms with Gasteiger partial charge in [0.15, 0.2) is 18.1 Å². The highest BCUT2D eigenvalue weighted by Crippen LogP contribution is 2.47. The fraction of sp³-hybridized carbons (Fsp3) is 0.333. The second-order valence-corrected chi connectivity index (χ2v) is 8.28. The van der Waals surface area contributed by atoms with E-state index in [0.717, 1.165) is 30.6 Å². The molecule has 3 aliphatic rings. The zero-order valence-electron chi connectivity index (χ0n) is 17.8. The Labute approximate surface area is 189 Å². The average Bonchev–Trinajstić information content (AvgIpc) is 3.50. The lowest BCUT2D eigenvalue weighted by Gasteiger charge is -2.21. The number of nitrogens with zero attached hydrogens (tertiary/aromatic N) is 1. The van der Waals surface area contributed by atoms with E-state index in [-0.39, 0.29) is 30.2 Å². The van der Waals surface area contributed by atoms with Crippen molar-refractivity contribution in [2.24, 2.45) is 0 Å². The number of hydrogen-bond acceptors (Lipinski definition) is 7. The van der Waals surface area contributed by atoms with Crippen LogP contribution in [0.15, 0.2) is 42.5 Å². The zero-order valence-corrected chi connectivity index (χ0v) is 17.8. The highest BCUT2D eigenvalue weighted by molar-refractivity contribution is 6.20. The Kier molecular flexibility index (Phi) is 5.24. The number of esters is 1. The second-order valence-electron chi connectivity index (χ2n) is 8.28. The van der Waals surface area contributed by atoms with Crippen LogP contribution in [0.2, 0.25) is 0 Å². The first kappa shape index (κ1) is 21.0. The fourth-order valence-corrected chi connectivity index (χ4v) is 4.34. The largest absolute Gasteiger partial charge is 0.452 e. The Balaban J connectivity index is 1.18. The summed E-state index contributed by atoms with van der Waals surface area (Å²) in [6.07, 6.45) is 4.07. The van der Waals surface area contributed by atoms with Crippen molar-refractivity contribution in [2.45, 2.75) is 44.3 Å². The third-order valence-electron chi connectivity index (χ3n) is 5.91. The molecule has 1 saturated heterocycles. The number of imide groups is 1. The minimum Gasteiger partial charge on any atom is -0.452 e. The van der Waals surface area contributed by atoms with Crippen LogP contribution in [0.4, 0.5) is 11.4 Å². The number of carbonyl (C=O) groups is 4. The molecule has 2 fully saturated rings. The van der Waals surface area contributed by atoms with Gasteiger partial charge in [-0.1, -0.05) is 6.07 Å². The molecule has 2 aliphatic heterocycles. The first-order valence-electron chi connectivity index (χ1n) is 10.9. The summed E-state index contributed by atoms with van der Waals surface area (Å²) in [4.78, 5) is 49.6. The number of fused-ring (bicyclic) bond motifs is 1. The molecule has 1 spiro atoms. The zero-order chi connectivity index (χ0) is 23.0. The summed E-state index contributed by atoms with van der Waals surface area (Å²) in [5.74, 6) is -1.23. The topological polar surface area (TPSA) is 111 Å². The average molecular weight is 450 g/mol. The Morgan fingerprint density at radius 1 is 0.970 bits per heavy atom. The van der Waals surface area contributed by atoms with Gasteiger partial charge in [-0.3, -0.25) is 19.3 Å². The molecule has 2 aromatic rings. The van der Waals surface area contributed by atoms with Crippen LogP contribution in [-0.4, -0.2) is 36.1 Å². The number of ether oxygens (including phenoxy) is 3. The summed E-state index contributed by atoms with van der Waals surface area (Å²) in [5, 5.41) is 2.68. The van der Waals surface area contributed by atoms with Crippen LogP contribution in [0.1, 0.15) is 48.9 Å². The van der Waals surface area contributed by atoms with Gasteiger partial charge in [-0.15, -0.1) is 0 Å². The van der Waals surface area contributed by atoms with Gasteiger partial charge in [-0.05, 0) is 43.2 Å². The Morgan fingerprint density at radius 3 is 2.45 bits per heavy atom. The molecule has 2 aromatic carbocycles. The van der Waals surface area contributed by atoms with Crippen LogP contribution < -0.4 is 19.7 Å². The lowest BCUT2D eigenvalue weighted by Crippen LogP contribution is -2.34. The maximum atomic E-state index is 12.4. The van der Waals surface area contributed by atoms with Crippen LogP contribution in [0, 0.1) is 0 Å². The third kappa shape index (κ3) is 4.13. The molecule has 33 heavy (non-hydrogen) atoms. The number of anilines is 2. The van der Waals surface area contributed by atoms with Gasteiger partial charge in [0.05, 0.1) is 11.3 Å². The van der Waals surface area contributed by atoms with E-state index < -0.39 is 24.3 Å². The van der Waals surface area contributed by atoms with Crippen LogP contribution in [0.3, 0.4) is 0 Å². The van der Waals surface area contributed by atoms with E-state index >= 15 is 0 Å². The molecule has 2 heterocycles. The van der Waals surface area contributed by atoms with Crippen LogP contribution in [0.25, 0.3) is 0 Å². The SMILES string of the molecule is O=C(COC(=O)c1cccc(N2C(=O)CCC2=O)c1)Nc1ccc2c(c1)OC1(CCCC1)O2. The molecule has 1 saturated carbocycles. The summed E-state index contributed by atoms with van der Waals surface area (Å²) < 4.78 is 17.1. The van der Waals surface area contributed by atoms with Gasteiger partial charge >= 0.3 is 5.97 Å². The molecule has 0 bridgehead atoms. The van der Waals surface area contributed by atoms with E-state index in [1.807, 2.05) is 0 Å². The number of nitrogens with one attached hydrogen (secondary N) is 1. The smallest absolute Gasteiger partial charge is 0.338 e. The molecule has 170 valence electrons. The second kappa shape index (κ2) is 8.23. The Morgan fingerprint density at radius 2 is 1.70 bits per heavy atom. The number of rotatable bonds is 5. The molecule has 0 aromatic heterocycles. The summed E-state index contributed by atoms with van der Waals surface area (Å²) in [6, 6.07) is 11.1. The molecule has 0 radical (unpaired) electrons. The Bertz CT molecular complexity index is 1140. The molecule has 9 nitrogen and oxygen atoms in total. The molecule has 5 rings (SSSR count). The molecular formula is C24H22N2O7. The highest BCUT2D eigenvalue weighted by Gasteiger charge is 2.44. The minimum atomic E-state index is -0.736. The predicted octanol–water partition coefficient (Wildman–Crippen LogP) is 3.18. The van der Waals surface area contributed by atoms with Gasteiger partial charge in [0.2, 0.25) is 11.8 Å². The molecule has 0 atom stereocenters. The van der Waals surface area contributed by atoms with Crippen molar-refractivity contribution in [3.63, 3.8) is 0 Å². The lowest BCUT2D eigenvalue weighted by atomic mass is 10.2. The monoisotopic (exact) mass is 450 g/mol. The van der Waals surface area contributed by atoms with Gasteiger partial charge in [0.1, 0.15) is 0 Å². The van der Waals surface area contributed by atoms with E-state index in [1.165, 1.54) is 12.1 Å². The molecule has 0 unspecified atom stereocenters. The van der Waals surface area contributed by atoms with Gasteiger partial charge in [-0.25, -0.2) is 4.79 Å². The van der Waals surface area contributed by atoms with Crippen molar-refractivity contribution in [1.82, 2.24) is 0 Å².